The van der Waals surface area contributed by atoms with Crippen LogP contribution in [0, 0.1) is 10.1 Å². The van der Waals surface area contributed by atoms with Crippen molar-refractivity contribution in [3.05, 3.63) is 28.3 Å². The van der Waals surface area contributed by atoms with Crippen LogP contribution in [0.2, 0.25) is 0 Å². The summed E-state index contributed by atoms with van der Waals surface area (Å²) in [4.78, 5) is 12.3. The highest BCUT2D eigenvalue weighted by Crippen LogP contribution is 2.25. The highest BCUT2D eigenvalue weighted by Gasteiger charge is 2.19. The maximum Gasteiger partial charge on any atom is 0.273 e. The van der Waals surface area contributed by atoms with Crippen molar-refractivity contribution in [1.82, 2.24) is 0 Å². The van der Waals surface area contributed by atoms with Gasteiger partial charge in [-0.15, -0.1) is 0 Å². The van der Waals surface area contributed by atoms with Gasteiger partial charge in [-0.05, 0) is 18.9 Å². The minimum atomic E-state index is -0.431. The van der Waals surface area contributed by atoms with E-state index in [0.29, 0.717) is 5.69 Å². The molecular formula is C12H17N3O3. The molecule has 1 heterocycles. The number of likely N-dealkylation sites (N-methyl/N-ethyl adjacent to an activating group) is 1. The molecule has 6 nitrogen and oxygen atoms in total. The van der Waals surface area contributed by atoms with E-state index < -0.39 is 4.92 Å². The topological polar surface area (TPSA) is 81.6 Å². The summed E-state index contributed by atoms with van der Waals surface area (Å²) in [5, 5.41) is 10.8. The molecule has 1 saturated heterocycles. The number of hydrogen-bond acceptors (Lipinski definition) is 5. The minimum Gasteiger partial charge on any atom is -0.398 e. The second-order valence-corrected chi connectivity index (χ2v) is 4.56. The first-order valence-corrected chi connectivity index (χ1v) is 5.94. The maximum absolute atomic E-state index is 10.8. The predicted molar refractivity (Wildman–Crippen MR) is 69.8 cm³/mol. The molecular weight excluding hydrogens is 234 g/mol. The molecule has 2 N–H and O–H groups in total. The molecule has 1 aromatic carbocycles. The molecule has 0 saturated carbocycles. The Bertz CT molecular complexity index is 444. The summed E-state index contributed by atoms with van der Waals surface area (Å²) in [5.74, 6) is 0. The zero-order valence-corrected chi connectivity index (χ0v) is 10.3. The first-order chi connectivity index (χ1) is 8.56. The van der Waals surface area contributed by atoms with Crippen LogP contribution in [-0.2, 0) is 4.74 Å². The molecule has 6 heteroatoms. The Morgan fingerprint density at radius 1 is 1.56 bits per heavy atom. The van der Waals surface area contributed by atoms with Gasteiger partial charge in [-0.2, -0.15) is 0 Å². The fourth-order valence-corrected chi connectivity index (χ4v) is 2.14. The SMILES string of the molecule is CN(CC1CCCO1)c1cc(N)cc([N+](=O)[O-])c1. The summed E-state index contributed by atoms with van der Waals surface area (Å²) in [6.07, 6.45) is 2.32. The van der Waals surface area contributed by atoms with Gasteiger partial charge in [-0.3, -0.25) is 10.1 Å². The quantitative estimate of drug-likeness (QED) is 0.501. The number of non-ortho nitro benzene ring substituents is 1. The summed E-state index contributed by atoms with van der Waals surface area (Å²) in [5.41, 5.74) is 6.85. The third-order valence-electron chi connectivity index (χ3n) is 3.08. The van der Waals surface area contributed by atoms with E-state index in [2.05, 4.69) is 0 Å². The Hall–Kier alpha value is -1.82. The number of anilines is 2. The van der Waals surface area contributed by atoms with Crippen LogP contribution in [0.25, 0.3) is 0 Å². The van der Waals surface area contributed by atoms with Crippen molar-refractivity contribution in [2.75, 3.05) is 30.8 Å². The van der Waals surface area contributed by atoms with Gasteiger partial charge in [0.1, 0.15) is 0 Å². The molecule has 0 bridgehead atoms. The Kier molecular flexibility index (Phi) is 3.66. The van der Waals surface area contributed by atoms with E-state index in [4.69, 9.17) is 10.5 Å². The van der Waals surface area contributed by atoms with Crippen LogP contribution in [-0.4, -0.2) is 31.2 Å². The normalized spacial score (nSPS) is 18.8. The van der Waals surface area contributed by atoms with Crippen LogP contribution >= 0.6 is 0 Å². The van der Waals surface area contributed by atoms with Gasteiger partial charge < -0.3 is 15.4 Å². The molecule has 1 fully saturated rings. The minimum absolute atomic E-state index is 0.0178. The summed E-state index contributed by atoms with van der Waals surface area (Å²) in [6, 6.07) is 4.64. The summed E-state index contributed by atoms with van der Waals surface area (Å²) in [7, 11) is 1.89. The van der Waals surface area contributed by atoms with Gasteiger partial charge in [-0.1, -0.05) is 0 Å². The second-order valence-electron chi connectivity index (χ2n) is 4.56. The third-order valence-corrected chi connectivity index (χ3v) is 3.08. The summed E-state index contributed by atoms with van der Waals surface area (Å²) >= 11 is 0. The molecule has 1 aliphatic rings. The first kappa shape index (κ1) is 12.6. The van der Waals surface area contributed by atoms with Crippen molar-refractivity contribution in [2.45, 2.75) is 18.9 Å². The van der Waals surface area contributed by atoms with E-state index in [1.807, 2.05) is 11.9 Å². The monoisotopic (exact) mass is 251 g/mol. The van der Waals surface area contributed by atoms with Crippen molar-refractivity contribution in [2.24, 2.45) is 0 Å². The number of nitro groups is 1. The number of nitro benzene ring substituents is 1. The molecule has 1 atom stereocenters. The molecule has 0 amide bonds. The van der Waals surface area contributed by atoms with Crippen molar-refractivity contribution in [3.8, 4) is 0 Å². The van der Waals surface area contributed by atoms with Gasteiger partial charge in [-0.25, -0.2) is 0 Å². The number of nitrogens with zero attached hydrogens (tertiary/aromatic N) is 2. The van der Waals surface area contributed by atoms with Gasteiger partial charge in [0.05, 0.1) is 11.0 Å². The van der Waals surface area contributed by atoms with Gasteiger partial charge in [0, 0.05) is 43.7 Å². The lowest BCUT2D eigenvalue weighted by molar-refractivity contribution is -0.384. The molecule has 98 valence electrons. The van der Waals surface area contributed by atoms with E-state index in [1.54, 1.807) is 6.07 Å². The molecule has 1 unspecified atom stereocenters. The summed E-state index contributed by atoms with van der Waals surface area (Å²) < 4.78 is 5.55. The van der Waals surface area contributed by atoms with E-state index in [0.717, 1.165) is 31.7 Å². The first-order valence-electron chi connectivity index (χ1n) is 5.94. The van der Waals surface area contributed by atoms with Crippen LogP contribution in [0.3, 0.4) is 0 Å². The van der Waals surface area contributed by atoms with E-state index >= 15 is 0 Å². The molecule has 1 aromatic rings. The molecule has 2 rings (SSSR count). The Morgan fingerprint density at radius 2 is 2.33 bits per heavy atom. The fraction of sp³-hybridized carbons (Fsp3) is 0.500. The number of hydrogen-bond donors (Lipinski definition) is 1. The van der Waals surface area contributed by atoms with Crippen LogP contribution in [0.15, 0.2) is 18.2 Å². The maximum atomic E-state index is 10.8. The number of ether oxygens (including phenoxy) is 1. The fourth-order valence-electron chi connectivity index (χ4n) is 2.14. The third kappa shape index (κ3) is 2.89. The van der Waals surface area contributed by atoms with Crippen molar-refractivity contribution >= 4 is 17.1 Å². The van der Waals surface area contributed by atoms with E-state index in [9.17, 15) is 10.1 Å². The summed E-state index contributed by atoms with van der Waals surface area (Å²) in [6.45, 7) is 1.52. The van der Waals surface area contributed by atoms with Crippen molar-refractivity contribution in [1.29, 1.82) is 0 Å². The Balaban J connectivity index is 2.13. The lowest BCUT2D eigenvalue weighted by Gasteiger charge is -2.22. The Labute approximate surface area is 105 Å². The van der Waals surface area contributed by atoms with E-state index in [1.165, 1.54) is 12.1 Å². The zero-order valence-electron chi connectivity index (χ0n) is 10.3. The number of nitrogens with two attached hydrogens (primary N) is 1. The van der Waals surface area contributed by atoms with Gasteiger partial charge in [0.15, 0.2) is 0 Å². The van der Waals surface area contributed by atoms with Crippen molar-refractivity contribution < 1.29 is 9.66 Å². The average Bonchev–Trinajstić information content (AvgIpc) is 2.80. The lowest BCUT2D eigenvalue weighted by Crippen LogP contribution is -2.28. The highest BCUT2D eigenvalue weighted by molar-refractivity contribution is 5.62. The standard InChI is InChI=1S/C12H17N3O3/c1-14(8-12-3-2-4-18-12)10-5-9(13)6-11(7-10)15(16)17/h5-7,12H,2-4,8,13H2,1H3. The van der Waals surface area contributed by atoms with Crippen LogP contribution in [0.5, 0.6) is 0 Å². The second kappa shape index (κ2) is 5.22. The zero-order chi connectivity index (χ0) is 13.1. The average molecular weight is 251 g/mol. The van der Waals surface area contributed by atoms with E-state index in [-0.39, 0.29) is 11.8 Å². The van der Waals surface area contributed by atoms with Crippen LogP contribution in [0.4, 0.5) is 17.1 Å². The van der Waals surface area contributed by atoms with Gasteiger partial charge in [0.2, 0.25) is 0 Å². The predicted octanol–water partition coefficient (Wildman–Crippen LogP) is 1.79. The number of nitrogen functional groups attached to an aromatic ring is 1. The molecule has 1 aliphatic heterocycles. The van der Waals surface area contributed by atoms with Crippen LogP contribution < -0.4 is 10.6 Å². The van der Waals surface area contributed by atoms with Crippen molar-refractivity contribution in [3.63, 3.8) is 0 Å². The van der Waals surface area contributed by atoms with Gasteiger partial charge >= 0.3 is 0 Å². The van der Waals surface area contributed by atoms with Gasteiger partial charge in [0.25, 0.3) is 5.69 Å². The highest BCUT2D eigenvalue weighted by atomic mass is 16.6. The lowest BCUT2D eigenvalue weighted by atomic mass is 10.2. The number of benzene rings is 1. The largest absolute Gasteiger partial charge is 0.398 e. The molecule has 0 aliphatic carbocycles. The van der Waals surface area contributed by atoms with Crippen LogP contribution in [0.1, 0.15) is 12.8 Å². The molecule has 0 spiro atoms. The smallest absolute Gasteiger partial charge is 0.273 e. The number of rotatable bonds is 4. The Morgan fingerprint density at radius 3 is 2.94 bits per heavy atom. The molecule has 0 aromatic heterocycles. The molecule has 18 heavy (non-hydrogen) atoms. The molecule has 0 radical (unpaired) electrons.